The molecule has 2 saturated carbocycles. The zero-order valence-electron chi connectivity index (χ0n) is 13.0. The maximum Gasteiger partial charge on any atom is 0.323 e. The summed E-state index contributed by atoms with van der Waals surface area (Å²) < 4.78 is 0. The second-order valence-corrected chi connectivity index (χ2v) is 6.86. The number of carbonyl (C=O) groups excluding carboxylic acids is 1. The number of amides is 2. The Bertz CT molecular complexity index is 361. The average Bonchev–Trinajstić information content (AvgIpc) is 3.23. The molecule has 21 heavy (non-hydrogen) atoms. The summed E-state index contributed by atoms with van der Waals surface area (Å²) in [6.07, 6.45) is 8.36. The number of hydrogen-bond donors (Lipinski definition) is 2. The van der Waals surface area contributed by atoms with E-state index in [1.807, 2.05) is 0 Å². The Hall–Kier alpha value is -1.26. The lowest BCUT2D eigenvalue weighted by Gasteiger charge is -2.27. The molecule has 0 spiro atoms. The predicted molar refractivity (Wildman–Crippen MR) is 81.1 cm³/mol. The lowest BCUT2D eigenvalue weighted by molar-refractivity contribution is -0.137. The van der Waals surface area contributed by atoms with Gasteiger partial charge in [-0.25, -0.2) is 4.79 Å². The molecular formula is C16H28N2O3. The summed E-state index contributed by atoms with van der Waals surface area (Å²) in [5, 5.41) is 11.8. The normalized spacial score (nSPS) is 25.4. The summed E-state index contributed by atoms with van der Waals surface area (Å²) in [7, 11) is 0. The first-order valence-corrected chi connectivity index (χ1v) is 8.29. The smallest absolute Gasteiger partial charge is 0.323 e. The minimum Gasteiger partial charge on any atom is -0.480 e. The summed E-state index contributed by atoms with van der Waals surface area (Å²) >= 11 is 0. The van der Waals surface area contributed by atoms with Crippen molar-refractivity contribution in [1.82, 2.24) is 10.2 Å². The van der Waals surface area contributed by atoms with Gasteiger partial charge in [0.1, 0.15) is 6.54 Å². The van der Waals surface area contributed by atoms with Crippen molar-refractivity contribution in [3.05, 3.63) is 0 Å². The Kier molecular flexibility index (Phi) is 5.88. The van der Waals surface area contributed by atoms with Gasteiger partial charge in [0.15, 0.2) is 0 Å². The van der Waals surface area contributed by atoms with E-state index in [0.29, 0.717) is 19.0 Å². The van der Waals surface area contributed by atoms with Crippen molar-refractivity contribution < 1.29 is 14.7 Å². The van der Waals surface area contributed by atoms with Crippen LogP contribution in [0.5, 0.6) is 0 Å². The third-order valence-electron chi connectivity index (χ3n) is 4.75. The third kappa shape index (κ3) is 5.94. The van der Waals surface area contributed by atoms with Crippen LogP contribution in [0.4, 0.5) is 4.79 Å². The van der Waals surface area contributed by atoms with Gasteiger partial charge in [-0.15, -0.1) is 0 Å². The van der Waals surface area contributed by atoms with E-state index in [2.05, 4.69) is 12.2 Å². The highest BCUT2D eigenvalue weighted by Crippen LogP contribution is 2.30. The van der Waals surface area contributed by atoms with Crippen LogP contribution >= 0.6 is 0 Å². The van der Waals surface area contributed by atoms with Gasteiger partial charge in [-0.1, -0.05) is 32.6 Å². The quantitative estimate of drug-likeness (QED) is 0.759. The van der Waals surface area contributed by atoms with E-state index in [-0.39, 0.29) is 12.6 Å². The SMILES string of the molecule is CC1CCC(CCNC(=O)N(CC(=O)O)CC2CC2)CC1. The highest BCUT2D eigenvalue weighted by atomic mass is 16.4. The van der Waals surface area contributed by atoms with Crippen LogP contribution in [0, 0.1) is 17.8 Å². The van der Waals surface area contributed by atoms with Crippen molar-refractivity contribution in [3.63, 3.8) is 0 Å². The third-order valence-corrected chi connectivity index (χ3v) is 4.75. The van der Waals surface area contributed by atoms with Gasteiger partial charge >= 0.3 is 12.0 Å². The van der Waals surface area contributed by atoms with E-state index in [1.165, 1.54) is 30.6 Å². The summed E-state index contributed by atoms with van der Waals surface area (Å²) in [5.41, 5.74) is 0. The number of carboxylic acid groups (broad SMARTS) is 1. The van der Waals surface area contributed by atoms with Crippen LogP contribution in [0.2, 0.25) is 0 Å². The predicted octanol–water partition coefficient (Wildman–Crippen LogP) is 2.71. The van der Waals surface area contributed by atoms with Crippen LogP contribution in [0.3, 0.4) is 0 Å². The number of hydrogen-bond acceptors (Lipinski definition) is 2. The second kappa shape index (κ2) is 7.66. The summed E-state index contributed by atoms with van der Waals surface area (Å²) in [6, 6.07) is -0.214. The zero-order chi connectivity index (χ0) is 15.2. The molecule has 5 nitrogen and oxygen atoms in total. The number of nitrogens with zero attached hydrogens (tertiary/aromatic N) is 1. The minimum atomic E-state index is -0.938. The molecule has 0 aromatic rings. The largest absolute Gasteiger partial charge is 0.480 e. The van der Waals surface area contributed by atoms with Crippen LogP contribution in [-0.4, -0.2) is 41.6 Å². The molecule has 0 atom stereocenters. The van der Waals surface area contributed by atoms with Crippen LogP contribution < -0.4 is 5.32 Å². The van der Waals surface area contributed by atoms with Gasteiger partial charge in [0.05, 0.1) is 0 Å². The molecule has 0 saturated heterocycles. The van der Waals surface area contributed by atoms with Gasteiger partial charge < -0.3 is 15.3 Å². The van der Waals surface area contributed by atoms with E-state index in [9.17, 15) is 9.59 Å². The number of nitrogens with one attached hydrogen (secondary N) is 1. The van der Waals surface area contributed by atoms with Crippen molar-refractivity contribution in [1.29, 1.82) is 0 Å². The molecule has 0 unspecified atom stereocenters. The zero-order valence-corrected chi connectivity index (χ0v) is 13.0. The lowest BCUT2D eigenvalue weighted by Crippen LogP contribution is -2.44. The van der Waals surface area contributed by atoms with Crippen molar-refractivity contribution >= 4 is 12.0 Å². The molecule has 0 radical (unpaired) electrons. The van der Waals surface area contributed by atoms with Crippen LogP contribution in [0.25, 0.3) is 0 Å². The molecule has 0 aromatic heterocycles. The van der Waals surface area contributed by atoms with E-state index < -0.39 is 5.97 Å². The Labute approximate surface area is 127 Å². The number of carboxylic acids is 1. The number of urea groups is 1. The molecule has 2 amide bonds. The molecule has 2 aliphatic rings. The lowest BCUT2D eigenvalue weighted by atomic mass is 9.81. The molecule has 2 rings (SSSR count). The first-order valence-electron chi connectivity index (χ1n) is 8.29. The van der Waals surface area contributed by atoms with Gasteiger partial charge in [0.2, 0.25) is 0 Å². The van der Waals surface area contributed by atoms with E-state index in [4.69, 9.17) is 5.11 Å². The van der Waals surface area contributed by atoms with Crippen molar-refractivity contribution in [3.8, 4) is 0 Å². The minimum absolute atomic E-state index is 0.191. The van der Waals surface area contributed by atoms with Crippen molar-refractivity contribution in [2.24, 2.45) is 17.8 Å². The highest BCUT2D eigenvalue weighted by Gasteiger charge is 2.28. The van der Waals surface area contributed by atoms with Gasteiger partial charge in [-0.3, -0.25) is 4.79 Å². The van der Waals surface area contributed by atoms with Crippen molar-refractivity contribution in [2.45, 2.75) is 51.9 Å². The fourth-order valence-corrected chi connectivity index (χ4v) is 3.11. The van der Waals surface area contributed by atoms with E-state index in [0.717, 1.165) is 31.1 Å². The molecule has 5 heteroatoms. The molecular weight excluding hydrogens is 268 g/mol. The number of aliphatic carboxylic acids is 1. The van der Waals surface area contributed by atoms with E-state index >= 15 is 0 Å². The maximum absolute atomic E-state index is 12.1. The first-order chi connectivity index (χ1) is 10.0. The average molecular weight is 296 g/mol. The molecule has 2 aliphatic carbocycles. The fourth-order valence-electron chi connectivity index (χ4n) is 3.11. The monoisotopic (exact) mass is 296 g/mol. The Morgan fingerprint density at radius 2 is 1.71 bits per heavy atom. The summed E-state index contributed by atoms with van der Waals surface area (Å²) in [4.78, 5) is 24.4. The van der Waals surface area contributed by atoms with Crippen LogP contribution in [0.15, 0.2) is 0 Å². The Balaban J connectivity index is 1.67. The standard InChI is InChI=1S/C16H28N2O3/c1-12-2-4-13(5-3-12)8-9-17-16(21)18(11-15(19)20)10-14-6-7-14/h12-14H,2-11H2,1H3,(H,17,21)(H,19,20). The maximum atomic E-state index is 12.1. The highest BCUT2D eigenvalue weighted by molar-refractivity contribution is 5.80. The second-order valence-electron chi connectivity index (χ2n) is 6.86. The first kappa shape index (κ1) is 16.1. The molecule has 0 heterocycles. The van der Waals surface area contributed by atoms with Gasteiger partial charge in [0, 0.05) is 13.1 Å². The Morgan fingerprint density at radius 3 is 2.29 bits per heavy atom. The Morgan fingerprint density at radius 1 is 1.10 bits per heavy atom. The molecule has 120 valence electrons. The molecule has 0 bridgehead atoms. The van der Waals surface area contributed by atoms with Crippen molar-refractivity contribution in [2.75, 3.05) is 19.6 Å². The number of rotatable bonds is 7. The van der Waals surface area contributed by atoms with Gasteiger partial charge in [0.25, 0.3) is 0 Å². The fraction of sp³-hybridized carbons (Fsp3) is 0.875. The topological polar surface area (TPSA) is 69.6 Å². The molecule has 2 N–H and O–H groups in total. The van der Waals surface area contributed by atoms with Crippen LogP contribution in [0.1, 0.15) is 51.9 Å². The van der Waals surface area contributed by atoms with Crippen LogP contribution in [-0.2, 0) is 4.79 Å². The summed E-state index contributed by atoms with van der Waals surface area (Å²) in [5.74, 6) is 1.14. The van der Waals surface area contributed by atoms with Gasteiger partial charge in [-0.2, -0.15) is 0 Å². The molecule has 2 fully saturated rings. The molecule has 0 aromatic carbocycles. The molecule has 0 aliphatic heterocycles. The number of carbonyl (C=O) groups is 2. The van der Waals surface area contributed by atoms with Gasteiger partial charge in [-0.05, 0) is 37.0 Å². The summed E-state index contributed by atoms with van der Waals surface area (Å²) in [6.45, 7) is 3.36. The van der Waals surface area contributed by atoms with E-state index in [1.54, 1.807) is 0 Å².